The zero-order chi connectivity index (χ0) is 8.81. The molecule has 0 fully saturated rings. The van der Waals surface area contributed by atoms with E-state index in [1.54, 1.807) is 6.08 Å². The van der Waals surface area contributed by atoms with Crippen molar-refractivity contribution < 1.29 is 9.78 Å². The van der Waals surface area contributed by atoms with Gasteiger partial charge in [-0.05, 0) is 12.5 Å². The van der Waals surface area contributed by atoms with Gasteiger partial charge < -0.3 is 0 Å². The van der Waals surface area contributed by atoms with E-state index in [0.717, 1.165) is 17.8 Å². The smallest absolute Gasteiger partial charge is 0.163 e. The lowest BCUT2D eigenvalue weighted by Crippen LogP contribution is -1.98. The minimum absolute atomic E-state index is 0.688. The van der Waals surface area contributed by atoms with Crippen LogP contribution in [-0.2, 0) is 9.78 Å². The van der Waals surface area contributed by atoms with Gasteiger partial charge in [0, 0.05) is 12.0 Å². The van der Waals surface area contributed by atoms with Gasteiger partial charge in [-0.15, -0.1) is 13.2 Å². The Morgan fingerprint density at radius 1 is 1.25 bits per heavy atom. The van der Waals surface area contributed by atoms with E-state index < -0.39 is 0 Å². The van der Waals surface area contributed by atoms with Crippen molar-refractivity contribution in [3.8, 4) is 0 Å². The number of hydrogen-bond acceptors (Lipinski definition) is 2. The van der Waals surface area contributed by atoms with E-state index >= 15 is 0 Å². The molecule has 0 saturated heterocycles. The molecule has 0 aliphatic carbocycles. The minimum atomic E-state index is 0.688. The van der Waals surface area contributed by atoms with E-state index in [2.05, 4.69) is 13.2 Å². The minimum Gasteiger partial charge on any atom is -0.298 e. The first-order chi connectivity index (χ1) is 5.88. The molecule has 0 saturated carbocycles. The van der Waals surface area contributed by atoms with Crippen molar-refractivity contribution in [2.24, 2.45) is 0 Å². The van der Waals surface area contributed by atoms with Crippen LogP contribution in [0.4, 0.5) is 0 Å². The average molecular weight is 164 g/mol. The molecule has 0 N–H and O–H groups in total. The van der Waals surface area contributed by atoms with Crippen molar-refractivity contribution in [2.45, 2.75) is 12.8 Å². The van der Waals surface area contributed by atoms with Crippen LogP contribution in [0, 0.1) is 0 Å². The van der Waals surface area contributed by atoms with Crippen LogP contribution in [0.3, 0.4) is 0 Å². The van der Waals surface area contributed by atoms with Crippen LogP contribution in [0.1, 0.15) is 12.8 Å². The molecule has 0 bridgehead atoms. The highest BCUT2D eigenvalue weighted by molar-refractivity contribution is 5.25. The second kappa shape index (κ2) is 4.44. The maximum atomic E-state index is 4.96. The molecule has 0 aromatic carbocycles. The largest absolute Gasteiger partial charge is 0.298 e. The summed E-state index contributed by atoms with van der Waals surface area (Å²) in [4.78, 5) is 9.65. The van der Waals surface area contributed by atoms with Crippen molar-refractivity contribution in [1.29, 1.82) is 0 Å². The summed E-state index contributed by atoms with van der Waals surface area (Å²) in [5, 5.41) is 0. The Morgan fingerprint density at radius 2 is 2.00 bits per heavy atom. The van der Waals surface area contributed by atoms with Gasteiger partial charge in [-0.1, -0.05) is 12.2 Å². The Bertz CT molecular complexity index is 236. The highest BCUT2D eigenvalue weighted by Crippen LogP contribution is 2.20. The molecule has 0 unspecified atom stereocenters. The fourth-order valence-electron chi connectivity index (χ4n) is 0.976. The quantitative estimate of drug-likeness (QED) is 0.470. The Labute approximate surface area is 72.4 Å². The second-order valence-corrected chi connectivity index (χ2v) is 2.42. The van der Waals surface area contributed by atoms with Crippen molar-refractivity contribution in [3.05, 3.63) is 49.0 Å². The molecular formula is C10H12O2. The summed E-state index contributed by atoms with van der Waals surface area (Å²) < 4.78 is 0. The van der Waals surface area contributed by atoms with Gasteiger partial charge in [-0.25, -0.2) is 0 Å². The van der Waals surface area contributed by atoms with Gasteiger partial charge in [0.15, 0.2) is 5.76 Å². The molecule has 0 atom stereocenters. The molecule has 1 aliphatic rings. The monoisotopic (exact) mass is 164 g/mol. The van der Waals surface area contributed by atoms with Crippen LogP contribution in [0.15, 0.2) is 49.0 Å². The number of rotatable bonds is 4. The van der Waals surface area contributed by atoms with Crippen LogP contribution in [-0.4, -0.2) is 0 Å². The van der Waals surface area contributed by atoms with E-state index in [1.165, 1.54) is 6.26 Å². The van der Waals surface area contributed by atoms with E-state index in [9.17, 15) is 0 Å². The fourth-order valence-corrected chi connectivity index (χ4v) is 0.976. The summed E-state index contributed by atoms with van der Waals surface area (Å²) in [6.07, 6.45) is 8.49. The first-order valence-electron chi connectivity index (χ1n) is 3.82. The highest BCUT2D eigenvalue weighted by atomic mass is 17.2. The molecule has 0 amide bonds. The van der Waals surface area contributed by atoms with Crippen LogP contribution in [0.25, 0.3) is 0 Å². The third-order valence-corrected chi connectivity index (χ3v) is 1.53. The lowest BCUT2D eigenvalue weighted by atomic mass is 10.1. The predicted octanol–water partition coefficient (Wildman–Crippen LogP) is 2.87. The molecule has 1 rings (SSSR count). The normalized spacial score (nSPS) is 15.0. The Kier molecular flexibility index (Phi) is 3.20. The maximum absolute atomic E-state index is 4.96. The summed E-state index contributed by atoms with van der Waals surface area (Å²) >= 11 is 0. The van der Waals surface area contributed by atoms with Crippen molar-refractivity contribution in [1.82, 2.24) is 0 Å². The first-order valence-corrected chi connectivity index (χ1v) is 3.82. The Hall–Kier alpha value is -1.44. The third-order valence-electron chi connectivity index (χ3n) is 1.53. The van der Waals surface area contributed by atoms with Gasteiger partial charge in [-0.3, -0.25) is 9.78 Å². The average Bonchev–Trinajstić information content (AvgIpc) is 2.09. The standard InChI is InChI=1S/C10H12O2/c1-3-5-9-7-8-11-12-10(9)6-4-2/h3-4,7-8H,1-2,5-6H2. The van der Waals surface area contributed by atoms with Crippen molar-refractivity contribution in [3.63, 3.8) is 0 Å². The van der Waals surface area contributed by atoms with Crippen molar-refractivity contribution >= 4 is 0 Å². The van der Waals surface area contributed by atoms with E-state index in [4.69, 9.17) is 9.78 Å². The molecule has 64 valence electrons. The van der Waals surface area contributed by atoms with E-state index in [1.807, 2.05) is 12.2 Å². The third kappa shape index (κ3) is 2.02. The summed E-state index contributed by atoms with van der Waals surface area (Å²) in [6.45, 7) is 7.29. The van der Waals surface area contributed by atoms with Gasteiger partial charge in [0.05, 0.1) is 0 Å². The van der Waals surface area contributed by atoms with Gasteiger partial charge >= 0.3 is 0 Å². The molecule has 1 aliphatic heterocycles. The Morgan fingerprint density at radius 3 is 2.67 bits per heavy atom. The zero-order valence-electron chi connectivity index (χ0n) is 6.95. The summed E-state index contributed by atoms with van der Waals surface area (Å²) in [7, 11) is 0. The molecule has 2 heteroatoms. The second-order valence-electron chi connectivity index (χ2n) is 2.42. The van der Waals surface area contributed by atoms with Gasteiger partial charge in [-0.2, -0.15) is 0 Å². The van der Waals surface area contributed by atoms with E-state index in [-0.39, 0.29) is 0 Å². The molecule has 0 aromatic rings. The summed E-state index contributed by atoms with van der Waals surface area (Å²) in [5.41, 5.74) is 1.09. The fraction of sp³-hybridized carbons (Fsp3) is 0.200. The van der Waals surface area contributed by atoms with Gasteiger partial charge in [0.1, 0.15) is 6.26 Å². The molecule has 0 aromatic heterocycles. The summed E-state index contributed by atoms with van der Waals surface area (Å²) in [6, 6.07) is 0. The molecule has 12 heavy (non-hydrogen) atoms. The maximum Gasteiger partial charge on any atom is 0.163 e. The number of hydrogen-bond donors (Lipinski definition) is 0. The highest BCUT2D eigenvalue weighted by Gasteiger charge is 2.08. The van der Waals surface area contributed by atoms with Crippen molar-refractivity contribution in [2.75, 3.05) is 0 Å². The topological polar surface area (TPSA) is 18.5 Å². The molecular weight excluding hydrogens is 152 g/mol. The molecule has 2 nitrogen and oxygen atoms in total. The van der Waals surface area contributed by atoms with Crippen LogP contribution < -0.4 is 0 Å². The van der Waals surface area contributed by atoms with Crippen LogP contribution in [0.2, 0.25) is 0 Å². The molecule has 0 radical (unpaired) electrons. The van der Waals surface area contributed by atoms with E-state index in [0.29, 0.717) is 6.42 Å². The van der Waals surface area contributed by atoms with Gasteiger partial charge in [0.2, 0.25) is 0 Å². The lowest BCUT2D eigenvalue weighted by Gasteiger charge is -2.12. The summed E-state index contributed by atoms with van der Waals surface area (Å²) in [5.74, 6) is 0.812. The SMILES string of the molecule is C=CCC1=C(CC=C)OOC=C1. The van der Waals surface area contributed by atoms with Crippen LogP contribution >= 0.6 is 0 Å². The van der Waals surface area contributed by atoms with Gasteiger partial charge in [0.25, 0.3) is 0 Å². The lowest BCUT2D eigenvalue weighted by molar-refractivity contribution is -0.216. The predicted molar refractivity (Wildman–Crippen MR) is 48.0 cm³/mol. The Balaban J connectivity index is 2.75. The zero-order valence-corrected chi connectivity index (χ0v) is 6.95. The number of allylic oxidation sites excluding steroid dienone is 4. The molecule has 0 spiro atoms. The molecule has 1 heterocycles. The first kappa shape index (κ1) is 8.65. The van der Waals surface area contributed by atoms with Crippen LogP contribution in [0.5, 0.6) is 0 Å².